The molecule has 0 aliphatic rings. The summed E-state index contributed by atoms with van der Waals surface area (Å²) in [5.41, 5.74) is 7.12. The number of nitrogens with two attached hydrogens (primary N) is 1. The van der Waals surface area contributed by atoms with E-state index in [1.54, 1.807) is 7.11 Å². The first-order valence-corrected chi connectivity index (χ1v) is 6.70. The van der Waals surface area contributed by atoms with E-state index in [0.29, 0.717) is 6.61 Å². The standard InChI is InChI=1S/C15H24N2O2/c1-4-13(10-19-3)17-15(18)11(2)14(16)12-8-6-5-7-9-12/h5-9,11,13-14H,4,10,16H2,1-3H3,(H,17,18). The van der Waals surface area contributed by atoms with Gasteiger partial charge in [-0.05, 0) is 12.0 Å². The van der Waals surface area contributed by atoms with E-state index in [0.717, 1.165) is 12.0 Å². The van der Waals surface area contributed by atoms with Crippen LogP contribution in [0.3, 0.4) is 0 Å². The van der Waals surface area contributed by atoms with Gasteiger partial charge in [-0.25, -0.2) is 0 Å². The molecular weight excluding hydrogens is 240 g/mol. The predicted molar refractivity (Wildman–Crippen MR) is 76.6 cm³/mol. The molecule has 0 heterocycles. The third-order valence-electron chi connectivity index (χ3n) is 3.34. The summed E-state index contributed by atoms with van der Waals surface area (Å²) in [6.07, 6.45) is 0.840. The van der Waals surface area contributed by atoms with Gasteiger partial charge in [0, 0.05) is 13.2 Å². The van der Waals surface area contributed by atoms with Crippen LogP contribution in [-0.2, 0) is 9.53 Å². The van der Waals surface area contributed by atoms with E-state index in [-0.39, 0.29) is 23.9 Å². The van der Waals surface area contributed by atoms with Gasteiger partial charge in [-0.1, -0.05) is 44.2 Å². The molecule has 0 fully saturated rings. The summed E-state index contributed by atoms with van der Waals surface area (Å²) in [4.78, 5) is 12.2. The van der Waals surface area contributed by atoms with Gasteiger partial charge in [0.2, 0.25) is 5.91 Å². The molecule has 3 unspecified atom stereocenters. The van der Waals surface area contributed by atoms with Crippen LogP contribution in [0.15, 0.2) is 30.3 Å². The molecular formula is C15H24N2O2. The lowest BCUT2D eigenvalue weighted by atomic mass is 9.94. The number of benzene rings is 1. The van der Waals surface area contributed by atoms with E-state index in [4.69, 9.17) is 10.5 Å². The maximum atomic E-state index is 12.2. The molecule has 0 spiro atoms. The monoisotopic (exact) mass is 264 g/mol. The largest absolute Gasteiger partial charge is 0.383 e. The topological polar surface area (TPSA) is 64.3 Å². The van der Waals surface area contributed by atoms with Crippen LogP contribution >= 0.6 is 0 Å². The molecule has 3 N–H and O–H groups in total. The van der Waals surface area contributed by atoms with Crippen molar-refractivity contribution in [3.63, 3.8) is 0 Å². The van der Waals surface area contributed by atoms with Crippen molar-refractivity contribution in [2.75, 3.05) is 13.7 Å². The summed E-state index contributed by atoms with van der Waals surface area (Å²) in [6, 6.07) is 9.44. The summed E-state index contributed by atoms with van der Waals surface area (Å²) in [5, 5.41) is 2.97. The molecule has 0 saturated heterocycles. The first-order chi connectivity index (χ1) is 9.10. The number of amides is 1. The van der Waals surface area contributed by atoms with Gasteiger partial charge in [0.15, 0.2) is 0 Å². The second-order valence-corrected chi connectivity index (χ2v) is 4.79. The molecule has 0 aromatic heterocycles. The first kappa shape index (κ1) is 15.7. The van der Waals surface area contributed by atoms with Crippen molar-refractivity contribution in [2.24, 2.45) is 11.7 Å². The highest BCUT2D eigenvalue weighted by Crippen LogP contribution is 2.19. The highest BCUT2D eigenvalue weighted by Gasteiger charge is 2.23. The fourth-order valence-corrected chi connectivity index (χ4v) is 1.92. The predicted octanol–water partition coefficient (Wildman–Crippen LogP) is 1.86. The van der Waals surface area contributed by atoms with Crippen LogP contribution in [-0.4, -0.2) is 25.7 Å². The Hall–Kier alpha value is -1.39. The molecule has 0 saturated carbocycles. The molecule has 1 rings (SSSR count). The van der Waals surface area contributed by atoms with Gasteiger partial charge in [-0.3, -0.25) is 4.79 Å². The summed E-state index contributed by atoms with van der Waals surface area (Å²) in [6.45, 7) is 4.40. The third-order valence-corrected chi connectivity index (χ3v) is 3.34. The lowest BCUT2D eigenvalue weighted by Gasteiger charge is -2.23. The number of carbonyl (C=O) groups excluding carboxylic acids is 1. The summed E-state index contributed by atoms with van der Waals surface area (Å²) in [5.74, 6) is -0.298. The SMILES string of the molecule is CCC(COC)NC(=O)C(C)C(N)c1ccccc1. The van der Waals surface area contributed by atoms with E-state index in [1.165, 1.54) is 0 Å². The number of hydrogen-bond acceptors (Lipinski definition) is 3. The van der Waals surface area contributed by atoms with E-state index in [9.17, 15) is 4.79 Å². The van der Waals surface area contributed by atoms with Gasteiger partial charge in [0.1, 0.15) is 0 Å². The number of rotatable bonds is 7. The zero-order chi connectivity index (χ0) is 14.3. The molecule has 3 atom stereocenters. The van der Waals surface area contributed by atoms with Crippen molar-refractivity contribution in [1.29, 1.82) is 0 Å². The number of ether oxygens (including phenoxy) is 1. The number of nitrogens with one attached hydrogen (secondary N) is 1. The Labute approximate surface area is 115 Å². The van der Waals surface area contributed by atoms with E-state index in [2.05, 4.69) is 5.32 Å². The van der Waals surface area contributed by atoms with E-state index in [1.807, 2.05) is 44.2 Å². The average molecular weight is 264 g/mol. The van der Waals surface area contributed by atoms with Crippen molar-refractivity contribution in [2.45, 2.75) is 32.4 Å². The molecule has 0 aliphatic carbocycles. The van der Waals surface area contributed by atoms with Crippen LogP contribution in [0.1, 0.15) is 31.9 Å². The second-order valence-electron chi connectivity index (χ2n) is 4.79. The quantitative estimate of drug-likeness (QED) is 0.790. The number of methoxy groups -OCH3 is 1. The van der Waals surface area contributed by atoms with Crippen LogP contribution < -0.4 is 11.1 Å². The van der Waals surface area contributed by atoms with Crippen LogP contribution in [0.5, 0.6) is 0 Å². The maximum Gasteiger partial charge on any atom is 0.225 e. The van der Waals surface area contributed by atoms with Crippen LogP contribution in [0.25, 0.3) is 0 Å². The van der Waals surface area contributed by atoms with Gasteiger partial charge in [0.05, 0.1) is 18.6 Å². The molecule has 1 aromatic carbocycles. The van der Waals surface area contributed by atoms with Gasteiger partial charge in [0.25, 0.3) is 0 Å². The lowest BCUT2D eigenvalue weighted by molar-refractivity contribution is -0.126. The molecule has 19 heavy (non-hydrogen) atoms. The fraction of sp³-hybridized carbons (Fsp3) is 0.533. The van der Waals surface area contributed by atoms with Gasteiger partial charge in [-0.2, -0.15) is 0 Å². The highest BCUT2D eigenvalue weighted by molar-refractivity contribution is 5.79. The zero-order valence-corrected chi connectivity index (χ0v) is 11.9. The van der Waals surface area contributed by atoms with Crippen molar-refractivity contribution in [1.82, 2.24) is 5.32 Å². The van der Waals surface area contributed by atoms with Crippen molar-refractivity contribution < 1.29 is 9.53 Å². The third kappa shape index (κ3) is 4.65. The lowest BCUT2D eigenvalue weighted by Crippen LogP contribution is -2.43. The minimum atomic E-state index is -0.291. The van der Waals surface area contributed by atoms with E-state index >= 15 is 0 Å². The zero-order valence-electron chi connectivity index (χ0n) is 11.9. The van der Waals surface area contributed by atoms with Gasteiger partial charge < -0.3 is 15.8 Å². The molecule has 0 radical (unpaired) electrons. The Balaban J connectivity index is 2.61. The molecule has 1 amide bonds. The Morgan fingerprint density at radius 2 is 2.00 bits per heavy atom. The molecule has 4 heteroatoms. The molecule has 0 aliphatic heterocycles. The summed E-state index contributed by atoms with van der Waals surface area (Å²) >= 11 is 0. The van der Waals surface area contributed by atoms with Crippen molar-refractivity contribution >= 4 is 5.91 Å². The fourth-order valence-electron chi connectivity index (χ4n) is 1.92. The minimum Gasteiger partial charge on any atom is -0.383 e. The smallest absolute Gasteiger partial charge is 0.225 e. The molecule has 106 valence electrons. The molecule has 0 bridgehead atoms. The Kier molecular flexibility index (Phi) is 6.53. The van der Waals surface area contributed by atoms with E-state index < -0.39 is 0 Å². The molecule has 1 aromatic rings. The van der Waals surface area contributed by atoms with Gasteiger partial charge >= 0.3 is 0 Å². The normalized spacial score (nSPS) is 15.6. The highest BCUT2D eigenvalue weighted by atomic mass is 16.5. The summed E-state index contributed by atoms with van der Waals surface area (Å²) < 4.78 is 5.07. The van der Waals surface area contributed by atoms with Crippen LogP contribution in [0.2, 0.25) is 0 Å². The summed E-state index contributed by atoms with van der Waals surface area (Å²) in [7, 11) is 1.63. The van der Waals surface area contributed by atoms with Gasteiger partial charge in [-0.15, -0.1) is 0 Å². The number of hydrogen-bond donors (Lipinski definition) is 2. The second kappa shape index (κ2) is 7.92. The van der Waals surface area contributed by atoms with Crippen molar-refractivity contribution in [3.05, 3.63) is 35.9 Å². The maximum absolute atomic E-state index is 12.2. The average Bonchev–Trinajstić information content (AvgIpc) is 2.45. The minimum absolute atomic E-state index is 0.0275. The van der Waals surface area contributed by atoms with Crippen molar-refractivity contribution in [3.8, 4) is 0 Å². The Bertz CT molecular complexity index is 381. The Morgan fingerprint density at radius 3 is 2.53 bits per heavy atom. The van der Waals surface area contributed by atoms with Crippen LogP contribution in [0.4, 0.5) is 0 Å². The first-order valence-electron chi connectivity index (χ1n) is 6.70. The van der Waals surface area contributed by atoms with Crippen LogP contribution in [0, 0.1) is 5.92 Å². The number of carbonyl (C=O) groups is 1. The molecule has 4 nitrogen and oxygen atoms in total. The Morgan fingerprint density at radius 1 is 1.37 bits per heavy atom.